The van der Waals surface area contributed by atoms with Crippen molar-refractivity contribution in [1.82, 2.24) is 4.98 Å². The molecule has 2 aliphatic carbocycles. The van der Waals surface area contributed by atoms with Gasteiger partial charge in [-0.25, -0.2) is 4.98 Å². The maximum Gasteiger partial charge on any atom is 0.201 e. The van der Waals surface area contributed by atoms with Crippen LogP contribution in [0.2, 0.25) is 0 Å². The molecule has 0 aromatic carbocycles. The van der Waals surface area contributed by atoms with E-state index in [1.807, 2.05) is 6.26 Å². The number of oxazole rings is 1. The average molecular weight is 220 g/mol. The number of hydrogen-bond donors (Lipinski definition) is 1. The van der Waals surface area contributed by atoms with E-state index in [2.05, 4.69) is 0 Å². The second-order valence-electron chi connectivity index (χ2n) is 5.40. The first-order valence-corrected chi connectivity index (χ1v) is 6.50. The summed E-state index contributed by atoms with van der Waals surface area (Å²) in [6, 6.07) is 0. The lowest BCUT2D eigenvalue weighted by Crippen LogP contribution is -2.20. The van der Waals surface area contributed by atoms with Gasteiger partial charge in [0.05, 0.1) is 11.1 Å². The van der Waals surface area contributed by atoms with E-state index in [4.69, 9.17) is 15.1 Å². The summed E-state index contributed by atoms with van der Waals surface area (Å²) in [5.74, 6) is 1.54. The summed E-state index contributed by atoms with van der Waals surface area (Å²) < 4.78 is 5.64. The molecule has 0 radical (unpaired) electrons. The van der Waals surface area contributed by atoms with Gasteiger partial charge in [-0.05, 0) is 25.7 Å². The van der Waals surface area contributed by atoms with Crippen molar-refractivity contribution in [3.8, 4) is 0 Å². The van der Waals surface area contributed by atoms with Crippen LogP contribution in [0.15, 0.2) is 10.7 Å². The molecule has 0 amide bonds. The van der Waals surface area contributed by atoms with Crippen molar-refractivity contribution in [3.63, 3.8) is 0 Å². The predicted octanol–water partition coefficient (Wildman–Crippen LogP) is 2.71. The van der Waals surface area contributed by atoms with Crippen LogP contribution >= 0.6 is 0 Å². The molecule has 88 valence electrons. The van der Waals surface area contributed by atoms with Crippen LogP contribution < -0.4 is 5.73 Å². The van der Waals surface area contributed by atoms with Crippen LogP contribution in [0.25, 0.3) is 0 Å². The number of hydrogen-bond acceptors (Lipinski definition) is 3. The third-order valence-electron chi connectivity index (χ3n) is 4.24. The second-order valence-corrected chi connectivity index (χ2v) is 5.40. The molecule has 0 aliphatic heterocycles. The van der Waals surface area contributed by atoms with Gasteiger partial charge in [-0.1, -0.05) is 19.3 Å². The fourth-order valence-electron chi connectivity index (χ4n) is 2.77. The van der Waals surface area contributed by atoms with Crippen molar-refractivity contribution in [1.29, 1.82) is 0 Å². The molecule has 3 rings (SSSR count). The van der Waals surface area contributed by atoms with E-state index in [-0.39, 0.29) is 5.41 Å². The average Bonchev–Trinajstić information content (AvgIpc) is 3.00. The Labute approximate surface area is 96.4 Å². The minimum Gasteiger partial charge on any atom is -0.448 e. The van der Waals surface area contributed by atoms with E-state index in [0.29, 0.717) is 12.5 Å². The highest BCUT2D eigenvalue weighted by atomic mass is 16.3. The van der Waals surface area contributed by atoms with Gasteiger partial charge in [-0.3, -0.25) is 0 Å². The number of nitrogens with zero attached hydrogens (tertiary/aromatic N) is 1. The first-order valence-electron chi connectivity index (χ1n) is 6.50. The van der Waals surface area contributed by atoms with Gasteiger partial charge in [0.25, 0.3) is 0 Å². The van der Waals surface area contributed by atoms with Gasteiger partial charge in [0.2, 0.25) is 5.89 Å². The minimum atomic E-state index is 0.104. The summed E-state index contributed by atoms with van der Waals surface area (Å²) in [6.45, 7) is 0.678. The van der Waals surface area contributed by atoms with Crippen LogP contribution in [0.1, 0.15) is 62.4 Å². The zero-order chi connectivity index (χ0) is 11.0. The van der Waals surface area contributed by atoms with Crippen molar-refractivity contribution >= 4 is 0 Å². The quantitative estimate of drug-likeness (QED) is 0.852. The number of rotatable bonds is 3. The lowest BCUT2D eigenvalue weighted by Gasteiger charge is -2.18. The van der Waals surface area contributed by atoms with Crippen molar-refractivity contribution in [2.45, 2.75) is 56.3 Å². The Kier molecular flexibility index (Phi) is 2.51. The summed E-state index contributed by atoms with van der Waals surface area (Å²) in [5.41, 5.74) is 7.07. The van der Waals surface area contributed by atoms with Crippen LogP contribution in [0.5, 0.6) is 0 Å². The highest BCUT2D eigenvalue weighted by Gasteiger charge is 2.47. The third-order valence-corrected chi connectivity index (χ3v) is 4.24. The summed E-state index contributed by atoms with van der Waals surface area (Å²) in [6.07, 6.45) is 10.8. The number of aromatic nitrogens is 1. The molecule has 16 heavy (non-hydrogen) atoms. The Bertz CT molecular complexity index is 362. The maximum absolute atomic E-state index is 5.79. The molecule has 2 saturated carbocycles. The smallest absolute Gasteiger partial charge is 0.201 e. The molecule has 1 aromatic heterocycles. The monoisotopic (exact) mass is 220 g/mol. The Morgan fingerprint density at radius 2 is 2.06 bits per heavy atom. The fourth-order valence-corrected chi connectivity index (χ4v) is 2.77. The van der Waals surface area contributed by atoms with E-state index < -0.39 is 0 Å². The van der Waals surface area contributed by atoms with Crippen molar-refractivity contribution < 1.29 is 4.42 Å². The van der Waals surface area contributed by atoms with E-state index in [1.54, 1.807) is 0 Å². The van der Waals surface area contributed by atoms with Crippen LogP contribution in [0, 0.1) is 0 Å². The summed E-state index contributed by atoms with van der Waals surface area (Å²) in [4.78, 5) is 4.69. The molecule has 3 heteroatoms. The van der Waals surface area contributed by atoms with Gasteiger partial charge in [-0.15, -0.1) is 0 Å². The largest absolute Gasteiger partial charge is 0.448 e. The fraction of sp³-hybridized carbons (Fsp3) is 0.769. The molecule has 3 nitrogen and oxygen atoms in total. The Morgan fingerprint density at radius 3 is 2.69 bits per heavy atom. The highest BCUT2D eigenvalue weighted by Crippen LogP contribution is 2.47. The molecular formula is C13H20N2O. The van der Waals surface area contributed by atoms with Gasteiger partial charge >= 0.3 is 0 Å². The standard InChI is InChI=1S/C13H20N2O/c14-9-13(6-7-13)12-15-11(8-16-12)10-4-2-1-3-5-10/h8,10H,1-7,9,14H2. The summed E-state index contributed by atoms with van der Waals surface area (Å²) in [7, 11) is 0. The normalized spacial score (nSPS) is 24.6. The van der Waals surface area contributed by atoms with E-state index in [0.717, 1.165) is 18.7 Å². The third kappa shape index (κ3) is 1.67. The summed E-state index contributed by atoms with van der Waals surface area (Å²) >= 11 is 0. The molecule has 0 bridgehead atoms. The summed E-state index contributed by atoms with van der Waals surface area (Å²) in [5, 5.41) is 0. The Hall–Kier alpha value is -0.830. The van der Waals surface area contributed by atoms with Crippen LogP contribution in [0.3, 0.4) is 0 Å². The lowest BCUT2D eigenvalue weighted by molar-refractivity contribution is 0.431. The van der Waals surface area contributed by atoms with Gasteiger partial charge in [0.15, 0.2) is 0 Å². The molecule has 2 N–H and O–H groups in total. The van der Waals surface area contributed by atoms with E-state index in [9.17, 15) is 0 Å². The van der Waals surface area contributed by atoms with Crippen molar-refractivity contribution in [3.05, 3.63) is 17.8 Å². The Balaban J connectivity index is 1.77. The zero-order valence-electron chi connectivity index (χ0n) is 9.74. The Morgan fingerprint density at radius 1 is 1.31 bits per heavy atom. The molecule has 1 heterocycles. The van der Waals surface area contributed by atoms with E-state index in [1.165, 1.54) is 37.8 Å². The first kappa shape index (κ1) is 10.3. The SMILES string of the molecule is NCC1(c2nc(C3CCCCC3)co2)CC1. The zero-order valence-corrected chi connectivity index (χ0v) is 9.74. The molecule has 0 saturated heterocycles. The molecule has 2 fully saturated rings. The molecule has 0 spiro atoms. The maximum atomic E-state index is 5.79. The van der Waals surface area contributed by atoms with E-state index >= 15 is 0 Å². The number of nitrogens with two attached hydrogens (primary N) is 1. The minimum absolute atomic E-state index is 0.104. The van der Waals surface area contributed by atoms with Crippen molar-refractivity contribution in [2.24, 2.45) is 5.73 Å². The van der Waals surface area contributed by atoms with Gasteiger partial charge < -0.3 is 10.2 Å². The first-order chi connectivity index (χ1) is 7.84. The highest BCUT2D eigenvalue weighted by molar-refractivity contribution is 5.19. The molecule has 0 unspecified atom stereocenters. The molecule has 1 aromatic rings. The lowest BCUT2D eigenvalue weighted by atomic mass is 9.87. The van der Waals surface area contributed by atoms with Gasteiger partial charge in [0, 0.05) is 12.5 Å². The van der Waals surface area contributed by atoms with Crippen LogP contribution in [-0.4, -0.2) is 11.5 Å². The van der Waals surface area contributed by atoms with Crippen LogP contribution in [0.4, 0.5) is 0 Å². The molecule has 0 atom stereocenters. The van der Waals surface area contributed by atoms with Gasteiger partial charge in [-0.2, -0.15) is 0 Å². The molecule has 2 aliphatic rings. The second kappa shape index (κ2) is 3.88. The van der Waals surface area contributed by atoms with Crippen LogP contribution in [-0.2, 0) is 5.41 Å². The predicted molar refractivity (Wildman–Crippen MR) is 62.3 cm³/mol. The topological polar surface area (TPSA) is 52.0 Å². The van der Waals surface area contributed by atoms with Crippen molar-refractivity contribution in [2.75, 3.05) is 6.54 Å². The van der Waals surface area contributed by atoms with Gasteiger partial charge in [0.1, 0.15) is 6.26 Å². The molecular weight excluding hydrogens is 200 g/mol.